The van der Waals surface area contributed by atoms with Crippen LogP contribution in [0.5, 0.6) is 0 Å². The molecule has 0 radical (unpaired) electrons. The van der Waals surface area contributed by atoms with Crippen LogP contribution in [0.2, 0.25) is 5.02 Å². The van der Waals surface area contributed by atoms with Crippen LogP contribution in [0.15, 0.2) is 97.1 Å². The lowest BCUT2D eigenvalue weighted by Gasteiger charge is -2.23. The van der Waals surface area contributed by atoms with Crippen LogP contribution in [0, 0.1) is 11.6 Å². The van der Waals surface area contributed by atoms with E-state index in [9.17, 15) is 8.78 Å². The second-order valence-corrected chi connectivity index (χ2v) is 9.04. The zero-order valence-corrected chi connectivity index (χ0v) is 17.0. The molecule has 0 atom stereocenters. The van der Waals surface area contributed by atoms with Crippen molar-refractivity contribution in [3.8, 4) is 0 Å². The molecule has 1 N–H and O–H groups in total. The van der Waals surface area contributed by atoms with Crippen LogP contribution in [0.25, 0.3) is 0 Å². The summed E-state index contributed by atoms with van der Waals surface area (Å²) in [6, 6.07) is 28.9. The zero-order valence-electron chi connectivity index (χ0n) is 15.3. The molecule has 0 spiro atoms. The number of rotatable bonds is 5. The summed E-state index contributed by atoms with van der Waals surface area (Å²) in [5.41, 5.74) is 0.949. The molecule has 0 aromatic heterocycles. The number of hydrogen-bond acceptors (Lipinski definition) is 1. The highest BCUT2D eigenvalue weighted by Crippen LogP contribution is 2.37. The summed E-state index contributed by atoms with van der Waals surface area (Å²) in [5.74, 6) is -1.23. The fourth-order valence-electron chi connectivity index (χ4n) is 3.12. The van der Waals surface area contributed by atoms with E-state index in [0.29, 0.717) is 16.0 Å². The largest absolute Gasteiger partial charge is 0.353 e. The molecule has 0 amide bonds. The molecule has 0 unspecified atom stereocenters. The highest BCUT2D eigenvalue weighted by atomic mass is 35.5. The first-order valence-electron chi connectivity index (χ1n) is 9.04. The molecule has 4 aromatic rings. The van der Waals surface area contributed by atoms with Gasteiger partial charge in [-0.15, -0.1) is 0 Å². The molecule has 1 nitrogen and oxygen atoms in total. The van der Waals surface area contributed by atoms with E-state index in [1.54, 1.807) is 24.3 Å². The van der Waals surface area contributed by atoms with Gasteiger partial charge < -0.3 is 5.32 Å². The summed E-state index contributed by atoms with van der Waals surface area (Å²) in [6.07, 6.45) is 0. The smallest absolute Gasteiger partial charge is 0.150 e. The van der Waals surface area contributed by atoms with E-state index in [-0.39, 0.29) is 5.69 Å². The minimum Gasteiger partial charge on any atom is -0.353 e. The average molecular weight is 424 g/mol. The SMILES string of the molecule is Fc1cc(F)c(Nc2ccc(Cl)cc2)c(P(c2ccccc2)c2ccccc2)c1. The summed E-state index contributed by atoms with van der Waals surface area (Å²) in [4.78, 5) is 0. The lowest BCUT2D eigenvalue weighted by atomic mass is 10.2. The molecule has 0 heterocycles. The number of halogens is 3. The van der Waals surface area contributed by atoms with E-state index in [2.05, 4.69) is 5.32 Å². The van der Waals surface area contributed by atoms with Crippen LogP contribution in [-0.2, 0) is 0 Å². The van der Waals surface area contributed by atoms with Gasteiger partial charge in [-0.1, -0.05) is 72.3 Å². The van der Waals surface area contributed by atoms with Crippen molar-refractivity contribution in [1.82, 2.24) is 0 Å². The molecular weight excluding hydrogens is 407 g/mol. The van der Waals surface area contributed by atoms with Gasteiger partial charge in [0.05, 0.1) is 5.69 Å². The van der Waals surface area contributed by atoms with Crippen molar-refractivity contribution >= 4 is 46.8 Å². The highest BCUT2D eigenvalue weighted by molar-refractivity contribution is 7.80. The summed E-state index contributed by atoms with van der Waals surface area (Å²) < 4.78 is 29.3. The predicted octanol–water partition coefficient (Wildman–Crippen LogP) is 6.12. The van der Waals surface area contributed by atoms with Gasteiger partial charge in [-0.05, 0) is 48.9 Å². The minimum atomic E-state index is -1.17. The maximum absolute atomic E-state index is 14.9. The standard InChI is InChI=1S/C24H17ClF2NP/c25-17-11-13-19(14-12-17)28-24-22(27)15-18(26)16-23(24)29(20-7-3-1-4-8-20)21-9-5-2-6-10-21/h1-16,28H. The molecule has 0 fully saturated rings. The molecule has 0 saturated carbocycles. The summed E-state index contributed by atoms with van der Waals surface area (Å²) in [6.45, 7) is 0. The van der Waals surface area contributed by atoms with E-state index in [0.717, 1.165) is 16.7 Å². The van der Waals surface area contributed by atoms with Crippen molar-refractivity contribution in [3.63, 3.8) is 0 Å². The van der Waals surface area contributed by atoms with E-state index in [4.69, 9.17) is 11.6 Å². The van der Waals surface area contributed by atoms with Gasteiger partial charge in [0.15, 0.2) is 0 Å². The minimum absolute atomic E-state index is 0.271. The summed E-state index contributed by atoms with van der Waals surface area (Å²) in [7, 11) is -1.17. The Hall–Kier alpha value is -2.74. The van der Waals surface area contributed by atoms with Crippen molar-refractivity contribution in [3.05, 3.63) is 114 Å². The first kappa shape index (κ1) is 19.6. The van der Waals surface area contributed by atoms with Crippen molar-refractivity contribution in [2.75, 3.05) is 5.32 Å². The lowest BCUT2D eigenvalue weighted by molar-refractivity contribution is 0.588. The molecule has 0 aliphatic carbocycles. The van der Waals surface area contributed by atoms with Crippen molar-refractivity contribution in [2.24, 2.45) is 0 Å². The first-order chi connectivity index (χ1) is 14.1. The first-order valence-corrected chi connectivity index (χ1v) is 10.8. The maximum atomic E-state index is 14.9. The van der Waals surface area contributed by atoms with Crippen LogP contribution in [0.4, 0.5) is 20.2 Å². The van der Waals surface area contributed by atoms with Crippen molar-refractivity contribution in [1.29, 1.82) is 0 Å². The van der Waals surface area contributed by atoms with Gasteiger partial charge in [-0.3, -0.25) is 0 Å². The third-order valence-electron chi connectivity index (χ3n) is 4.42. The molecule has 5 heteroatoms. The molecule has 144 valence electrons. The quantitative estimate of drug-likeness (QED) is 0.381. The molecule has 4 rings (SSSR count). The molecule has 4 aromatic carbocycles. The molecule has 0 aliphatic heterocycles. The Bertz CT molecular complexity index is 1060. The summed E-state index contributed by atoms with van der Waals surface area (Å²) >= 11 is 5.96. The van der Waals surface area contributed by atoms with E-state index in [1.165, 1.54) is 6.07 Å². The monoisotopic (exact) mass is 423 g/mol. The van der Waals surface area contributed by atoms with Gasteiger partial charge in [0.1, 0.15) is 11.6 Å². The number of hydrogen-bond donors (Lipinski definition) is 1. The normalized spacial score (nSPS) is 10.9. The Labute approximate surface area is 174 Å². The van der Waals surface area contributed by atoms with Crippen molar-refractivity contribution in [2.45, 2.75) is 0 Å². The Kier molecular flexibility index (Phi) is 5.89. The number of anilines is 2. The van der Waals surface area contributed by atoms with Gasteiger partial charge >= 0.3 is 0 Å². The van der Waals surface area contributed by atoms with E-state index in [1.807, 2.05) is 60.7 Å². The Balaban J connectivity index is 1.89. The molecule has 0 bridgehead atoms. The van der Waals surface area contributed by atoms with Crippen LogP contribution in [-0.4, -0.2) is 0 Å². The molecular formula is C24H17ClF2NP. The second kappa shape index (κ2) is 8.73. The van der Waals surface area contributed by atoms with Crippen LogP contribution in [0.3, 0.4) is 0 Å². The van der Waals surface area contributed by atoms with E-state index >= 15 is 0 Å². The topological polar surface area (TPSA) is 12.0 Å². The van der Waals surface area contributed by atoms with Gasteiger partial charge in [-0.25, -0.2) is 8.78 Å². The predicted molar refractivity (Wildman–Crippen MR) is 120 cm³/mol. The van der Waals surface area contributed by atoms with Crippen LogP contribution >= 0.6 is 19.5 Å². The average Bonchev–Trinajstić information content (AvgIpc) is 2.74. The van der Waals surface area contributed by atoms with Gasteiger partial charge in [0.25, 0.3) is 0 Å². The van der Waals surface area contributed by atoms with Gasteiger partial charge in [0, 0.05) is 22.1 Å². The Morgan fingerprint density at radius 3 is 1.79 bits per heavy atom. The number of nitrogens with one attached hydrogen (secondary N) is 1. The molecule has 0 aliphatic rings. The molecule has 0 saturated heterocycles. The van der Waals surface area contributed by atoms with Crippen LogP contribution in [0.1, 0.15) is 0 Å². The number of benzene rings is 4. The third-order valence-corrected chi connectivity index (χ3v) is 7.13. The van der Waals surface area contributed by atoms with Crippen LogP contribution < -0.4 is 21.2 Å². The maximum Gasteiger partial charge on any atom is 0.150 e. The lowest BCUT2D eigenvalue weighted by Crippen LogP contribution is -2.24. The van der Waals surface area contributed by atoms with E-state index < -0.39 is 19.6 Å². The fourth-order valence-corrected chi connectivity index (χ4v) is 5.68. The van der Waals surface area contributed by atoms with Gasteiger partial charge in [0.2, 0.25) is 0 Å². The highest BCUT2D eigenvalue weighted by Gasteiger charge is 2.23. The second-order valence-electron chi connectivity index (χ2n) is 6.42. The molecule has 29 heavy (non-hydrogen) atoms. The Morgan fingerprint density at radius 1 is 0.690 bits per heavy atom. The third kappa shape index (κ3) is 4.48. The Morgan fingerprint density at radius 2 is 1.24 bits per heavy atom. The fraction of sp³-hybridized carbons (Fsp3) is 0. The summed E-state index contributed by atoms with van der Waals surface area (Å²) in [5, 5.41) is 6.33. The van der Waals surface area contributed by atoms with Gasteiger partial charge in [-0.2, -0.15) is 0 Å². The zero-order chi connectivity index (χ0) is 20.2. The van der Waals surface area contributed by atoms with Crippen molar-refractivity contribution < 1.29 is 8.78 Å².